The summed E-state index contributed by atoms with van der Waals surface area (Å²) < 4.78 is 2.18. The molecule has 0 spiro atoms. The zero-order chi connectivity index (χ0) is 13.4. The van der Waals surface area contributed by atoms with Crippen molar-refractivity contribution in [3.8, 4) is 0 Å². The molecule has 2 amide bonds. The Bertz CT molecular complexity index is 505. The molecule has 0 aromatic carbocycles. The maximum absolute atomic E-state index is 12.2. The number of carbonyl (C=O) groups excluding carboxylic acids is 2. The van der Waals surface area contributed by atoms with Crippen molar-refractivity contribution >= 4 is 11.8 Å². The third-order valence-electron chi connectivity index (χ3n) is 4.02. The number of amides is 2. The highest BCUT2D eigenvalue weighted by atomic mass is 16.2. The smallest absolute Gasteiger partial charge is 0.242 e. The van der Waals surface area contributed by atoms with Crippen LogP contribution < -0.4 is 5.32 Å². The largest absolute Gasteiger partial charge is 0.348 e. The molecule has 1 saturated carbocycles. The number of carbonyl (C=O) groups is 2. The second kappa shape index (κ2) is 4.72. The van der Waals surface area contributed by atoms with Crippen LogP contribution in [-0.4, -0.2) is 34.4 Å². The van der Waals surface area contributed by atoms with Crippen molar-refractivity contribution < 1.29 is 9.59 Å². The monoisotopic (exact) mass is 261 g/mol. The molecule has 1 atom stereocenters. The van der Waals surface area contributed by atoms with Gasteiger partial charge in [-0.3, -0.25) is 9.59 Å². The van der Waals surface area contributed by atoms with E-state index in [1.165, 1.54) is 0 Å². The number of hydrogen-bond acceptors (Lipinski definition) is 2. The van der Waals surface area contributed by atoms with Gasteiger partial charge in [-0.2, -0.15) is 0 Å². The summed E-state index contributed by atoms with van der Waals surface area (Å²) in [7, 11) is 0. The van der Waals surface area contributed by atoms with Crippen LogP contribution in [0.2, 0.25) is 0 Å². The van der Waals surface area contributed by atoms with Gasteiger partial charge in [-0.15, -0.1) is 0 Å². The SMILES string of the molecule is CC1c2cccn2CCN1C(=O)CNC(=O)C1CC1. The van der Waals surface area contributed by atoms with Crippen LogP contribution in [0.15, 0.2) is 18.3 Å². The molecule has 1 N–H and O–H groups in total. The lowest BCUT2D eigenvalue weighted by Gasteiger charge is -2.35. The molecule has 1 aliphatic heterocycles. The second-order valence-electron chi connectivity index (χ2n) is 5.38. The van der Waals surface area contributed by atoms with Crippen LogP contribution in [0.1, 0.15) is 31.5 Å². The van der Waals surface area contributed by atoms with Gasteiger partial charge in [0.1, 0.15) is 0 Å². The van der Waals surface area contributed by atoms with Gasteiger partial charge in [-0.25, -0.2) is 0 Å². The molecule has 1 aromatic heterocycles. The minimum atomic E-state index is 0.00829. The summed E-state index contributed by atoms with van der Waals surface area (Å²) in [4.78, 5) is 25.6. The first-order chi connectivity index (χ1) is 9.16. The minimum Gasteiger partial charge on any atom is -0.348 e. The third-order valence-corrected chi connectivity index (χ3v) is 4.02. The highest BCUT2D eigenvalue weighted by molar-refractivity contribution is 5.87. The van der Waals surface area contributed by atoms with E-state index in [4.69, 9.17) is 0 Å². The van der Waals surface area contributed by atoms with Gasteiger partial charge >= 0.3 is 0 Å². The Morgan fingerprint density at radius 1 is 1.37 bits per heavy atom. The molecule has 19 heavy (non-hydrogen) atoms. The van der Waals surface area contributed by atoms with E-state index < -0.39 is 0 Å². The highest BCUT2D eigenvalue weighted by Gasteiger charge is 2.31. The Balaban J connectivity index is 1.59. The molecule has 0 bridgehead atoms. The van der Waals surface area contributed by atoms with Crippen LogP contribution in [-0.2, 0) is 16.1 Å². The number of rotatable bonds is 3. The van der Waals surface area contributed by atoms with Gasteiger partial charge < -0.3 is 14.8 Å². The molecule has 2 aliphatic rings. The zero-order valence-electron chi connectivity index (χ0n) is 11.1. The first-order valence-corrected chi connectivity index (χ1v) is 6.89. The topological polar surface area (TPSA) is 54.3 Å². The molecule has 5 heteroatoms. The Labute approximate surface area is 112 Å². The lowest BCUT2D eigenvalue weighted by Crippen LogP contribution is -2.45. The van der Waals surface area contributed by atoms with Crippen molar-refractivity contribution in [2.75, 3.05) is 13.1 Å². The number of fused-ring (bicyclic) bond motifs is 1. The predicted octanol–water partition coefficient (Wildman–Crippen LogP) is 0.917. The molecular weight excluding hydrogens is 242 g/mol. The van der Waals surface area contributed by atoms with Gasteiger partial charge in [0.25, 0.3) is 0 Å². The molecule has 1 aromatic rings. The van der Waals surface area contributed by atoms with Gasteiger partial charge in [-0.05, 0) is 31.9 Å². The van der Waals surface area contributed by atoms with Gasteiger partial charge in [0.15, 0.2) is 0 Å². The van der Waals surface area contributed by atoms with Gasteiger partial charge in [-0.1, -0.05) is 0 Å². The van der Waals surface area contributed by atoms with Crippen LogP contribution >= 0.6 is 0 Å². The van der Waals surface area contributed by atoms with Crippen molar-refractivity contribution in [2.45, 2.75) is 32.4 Å². The van der Waals surface area contributed by atoms with E-state index in [-0.39, 0.29) is 30.3 Å². The summed E-state index contributed by atoms with van der Waals surface area (Å²) in [5.74, 6) is 0.194. The van der Waals surface area contributed by atoms with Crippen molar-refractivity contribution in [2.24, 2.45) is 5.92 Å². The Kier molecular flexibility index (Phi) is 3.05. The molecule has 1 aliphatic carbocycles. The molecule has 1 fully saturated rings. The second-order valence-corrected chi connectivity index (χ2v) is 5.38. The Morgan fingerprint density at radius 2 is 2.16 bits per heavy atom. The summed E-state index contributed by atoms with van der Waals surface area (Å²) in [6, 6.07) is 4.13. The van der Waals surface area contributed by atoms with Gasteiger partial charge in [0.2, 0.25) is 11.8 Å². The number of hydrogen-bond donors (Lipinski definition) is 1. The fourth-order valence-electron chi connectivity index (χ4n) is 2.67. The highest BCUT2D eigenvalue weighted by Crippen LogP contribution is 2.29. The zero-order valence-corrected chi connectivity index (χ0v) is 11.1. The van der Waals surface area contributed by atoms with E-state index in [0.29, 0.717) is 6.54 Å². The minimum absolute atomic E-state index is 0.00829. The summed E-state index contributed by atoms with van der Waals surface area (Å²) in [6.45, 7) is 3.70. The quantitative estimate of drug-likeness (QED) is 0.879. The van der Waals surface area contributed by atoms with Crippen molar-refractivity contribution in [3.63, 3.8) is 0 Å². The van der Waals surface area contributed by atoms with Gasteiger partial charge in [0.05, 0.1) is 12.6 Å². The van der Waals surface area contributed by atoms with Gasteiger partial charge in [0, 0.05) is 30.9 Å². The van der Waals surface area contributed by atoms with E-state index in [9.17, 15) is 9.59 Å². The first-order valence-electron chi connectivity index (χ1n) is 6.89. The molecule has 0 saturated heterocycles. The van der Waals surface area contributed by atoms with E-state index in [1.54, 1.807) is 0 Å². The fraction of sp³-hybridized carbons (Fsp3) is 0.571. The Morgan fingerprint density at radius 3 is 2.89 bits per heavy atom. The summed E-state index contributed by atoms with van der Waals surface area (Å²) in [5, 5.41) is 2.74. The number of nitrogens with zero attached hydrogens (tertiary/aromatic N) is 2. The number of nitrogens with one attached hydrogen (secondary N) is 1. The Hall–Kier alpha value is -1.78. The van der Waals surface area contributed by atoms with Crippen molar-refractivity contribution in [3.05, 3.63) is 24.0 Å². The first kappa shape index (κ1) is 12.3. The van der Waals surface area contributed by atoms with Crippen LogP contribution in [0.5, 0.6) is 0 Å². The van der Waals surface area contributed by atoms with Crippen LogP contribution in [0.4, 0.5) is 0 Å². The molecule has 3 rings (SSSR count). The van der Waals surface area contributed by atoms with E-state index in [2.05, 4.69) is 9.88 Å². The normalized spacial score (nSPS) is 21.9. The molecule has 102 valence electrons. The molecule has 5 nitrogen and oxygen atoms in total. The lowest BCUT2D eigenvalue weighted by molar-refractivity contribution is -0.135. The summed E-state index contributed by atoms with van der Waals surface area (Å²) >= 11 is 0. The lowest BCUT2D eigenvalue weighted by atomic mass is 10.1. The number of aromatic nitrogens is 1. The molecule has 0 radical (unpaired) electrons. The summed E-state index contributed by atoms with van der Waals surface area (Å²) in [5.41, 5.74) is 1.16. The van der Waals surface area contributed by atoms with Crippen molar-refractivity contribution in [1.29, 1.82) is 0 Å². The average Bonchev–Trinajstić information content (AvgIpc) is 3.14. The van der Waals surface area contributed by atoms with Crippen LogP contribution in [0, 0.1) is 5.92 Å². The molecule has 1 unspecified atom stereocenters. The maximum Gasteiger partial charge on any atom is 0.242 e. The predicted molar refractivity (Wildman–Crippen MR) is 70.3 cm³/mol. The van der Waals surface area contributed by atoms with E-state index >= 15 is 0 Å². The standard InChI is InChI=1S/C14H19N3O2/c1-10-12-3-2-6-16(12)7-8-17(10)13(18)9-15-14(19)11-4-5-11/h2-3,6,10-11H,4-5,7-9H2,1H3,(H,15,19). The van der Waals surface area contributed by atoms with E-state index in [1.807, 2.05) is 30.2 Å². The van der Waals surface area contributed by atoms with Crippen LogP contribution in [0.25, 0.3) is 0 Å². The maximum atomic E-state index is 12.2. The molecule has 2 heterocycles. The summed E-state index contributed by atoms with van der Waals surface area (Å²) in [6.07, 6.45) is 3.98. The van der Waals surface area contributed by atoms with Crippen molar-refractivity contribution in [1.82, 2.24) is 14.8 Å². The van der Waals surface area contributed by atoms with Crippen LogP contribution in [0.3, 0.4) is 0 Å². The fourth-order valence-corrected chi connectivity index (χ4v) is 2.67. The van der Waals surface area contributed by atoms with E-state index in [0.717, 1.165) is 25.1 Å². The third kappa shape index (κ3) is 2.37. The molecular formula is C14H19N3O2. The average molecular weight is 261 g/mol.